The van der Waals surface area contributed by atoms with Crippen LogP contribution in [-0.4, -0.2) is 33.6 Å². The fourth-order valence-electron chi connectivity index (χ4n) is 3.86. The van der Waals surface area contributed by atoms with Gasteiger partial charge in [0.25, 0.3) is 0 Å². The Hall–Kier alpha value is -0.120. The third-order valence-electron chi connectivity index (χ3n) is 5.32. The standard InChI is InChI=1S/C22H47NO2/c1-5-7-9-11-12-13-15-17-19-22(18-16-14-10-8-6-2)23(20(3)24)21(4)25/h20-22,24-25H,5-19H2,1-4H3. The van der Waals surface area contributed by atoms with E-state index < -0.39 is 12.5 Å². The molecule has 0 aliphatic carbocycles. The summed E-state index contributed by atoms with van der Waals surface area (Å²) in [6.45, 7) is 8.07. The Bertz CT molecular complexity index is 261. The predicted molar refractivity (Wildman–Crippen MR) is 110 cm³/mol. The molecular weight excluding hydrogens is 310 g/mol. The summed E-state index contributed by atoms with van der Waals surface area (Å²) >= 11 is 0. The highest BCUT2D eigenvalue weighted by molar-refractivity contribution is 4.74. The molecule has 0 aromatic rings. The van der Waals surface area contributed by atoms with E-state index in [-0.39, 0.29) is 0 Å². The van der Waals surface area contributed by atoms with Gasteiger partial charge in [-0.1, -0.05) is 97.3 Å². The second-order valence-electron chi connectivity index (χ2n) is 7.83. The van der Waals surface area contributed by atoms with Crippen LogP contribution in [0.2, 0.25) is 0 Å². The van der Waals surface area contributed by atoms with Crippen LogP contribution < -0.4 is 0 Å². The molecule has 0 aliphatic rings. The zero-order valence-corrected chi connectivity index (χ0v) is 17.7. The first-order valence-electron chi connectivity index (χ1n) is 11.2. The zero-order valence-electron chi connectivity index (χ0n) is 17.7. The fraction of sp³-hybridized carbons (Fsp3) is 1.00. The van der Waals surface area contributed by atoms with E-state index >= 15 is 0 Å². The Morgan fingerprint density at radius 1 is 0.560 bits per heavy atom. The fourth-order valence-corrected chi connectivity index (χ4v) is 3.86. The summed E-state index contributed by atoms with van der Waals surface area (Å²) in [7, 11) is 0. The predicted octanol–water partition coefficient (Wildman–Crippen LogP) is 6.22. The maximum atomic E-state index is 10.1. The minimum atomic E-state index is -0.574. The van der Waals surface area contributed by atoms with Crippen molar-refractivity contribution in [3.63, 3.8) is 0 Å². The van der Waals surface area contributed by atoms with Gasteiger partial charge in [-0.15, -0.1) is 0 Å². The van der Waals surface area contributed by atoms with Crippen LogP contribution in [-0.2, 0) is 0 Å². The number of nitrogens with zero attached hydrogens (tertiary/aromatic N) is 1. The van der Waals surface area contributed by atoms with Crippen LogP contribution in [0, 0.1) is 0 Å². The molecule has 3 atom stereocenters. The molecule has 0 rings (SSSR count). The van der Waals surface area contributed by atoms with Crippen LogP contribution in [0.15, 0.2) is 0 Å². The number of unbranched alkanes of at least 4 members (excludes halogenated alkanes) is 11. The molecule has 0 bridgehead atoms. The van der Waals surface area contributed by atoms with Crippen LogP contribution in [0.25, 0.3) is 0 Å². The molecule has 152 valence electrons. The Kier molecular flexibility index (Phi) is 17.2. The van der Waals surface area contributed by atoms with E-state index in [9.17, 15) is 10.2 Å². The van der Waals surface area contributed by atoms with Gasteiger partial charge in [0.2, 0.25) is 0 Å². The second kappa shape index (κ2) is 17.3. The van der Waals surface area contributed by atoms with Crippen molar-refractivity contribution in [3.8, 4) is 0 Å². The molecule has 0 saturated carbocycles. The van der Waals surface area contributed by atoms with Crippen LogP contribution in [0.4, 0.5) is 0 Å². The van der Waals surface area contributed by atoms with E-state index in [2.05, 4.69) is 13.8 Å². The number of aliphatic hydroxyl groups is 2. The van der Waals surface area contributed by atoms with Gasteiger partial charge in [0, 0.05) is 6.04 Å². The van der Waals surface area contributed by atoms with Crippen LogP contribution in [0.1, 0.15) is 124 Å². The van der Waals surface area contributed by atoms with Gasteiger partial charge in [0.15, 0.2) is 0 Å². The van der Waals surface area contributed by atoms with Crippen molar-refractivity contribution in [2.45, 2.75) is 143 Å². The molecule has 0 aromatic heterocycles. The molecule has 3 nitrogen and oxygen atoms in total. The summed E-state index contributed by atoms with van der Waals surface area (Å²) in [5.41, 5.74) is 0. The highest BCUT2D eigenvalue weighted by Crippen LogP contribution is 2.21. The molecule has 0 saturated heterocycles. The van der Waals surface area contributed by atoms with Gasteiger partial charge < -0.3 is 10.2 Å². The number of hydrogen-bond acceptors (Lipinski definition) is 3. The van der Waals surface area contributed by atoms with Gasteiger partial charge in [-0.2, -0.15) is 0 Å². The van der Waals surface area contributed by atoms with Gasteiger partial charge >= 0.3 is 0 Å². The lowest BCUT2D eigenvalue weighted by Crippen LogP contribution is -2.47. The monoisotopic (exact) mass is 357 g/mol. The van der Waals surface area contributed by atoms with Gasteiger partial charge in [-0.05, 0) is 26.7 Å². The van der Waals surface area contributed by atoms with Crippen molar-refractivity contribution in [2.75, 3.05) is 0 Å². The first-order chi connectivity index (χ1) is 12.0. The van der Waals surface area contributed by atoms with Crippen LogP contribution in [0.5, 0.6) is 0 Å². The average molecular weight is 358 g/mol. The first-order valence-corrected chi connectivity index (χ1v) is 11.2. The summed E-state index contributed by atoms with van der Waals surface area (Å²) in [6, 6.07) is 0.307. The summed E-state index contributed by atoms with van der Waals surface area (Å²) in [5.74, 6) is 0. The van der Waals surface area contributed by atoms with E-state index in [0.717, 1.165) is 12.8 Å². The lowest BCUT2D eigenvalue weighted by atomic mass is 9.98. The molecular formula is C22H47NO2. The summed E-state index contributed by atoms with van der Waals surface area (Å²) in [5, 5.41) is 20.2. The number of hydrogen-bond donors (Lipinski definition) is 2. The quantitative estimate of drug-likeness (QED) is 0.226. The maximum Gasteiger partial charge on any atom is 0.106 e. The average Bonchev–Trinajstić information content (AvgIpc) is 2.56. The number of rotatable bonds is 18. The molecule has 0 spiro atoms. The molecule has 0 aromatic carbocycles. The van der Waals surface area contributed by atoms with Crippen molar-refractivity contribution >= 4 is 0 Å². The topological polar surface area (TPSA) is 43.7 Å². The smallest absolute Gasteiger partial charge is 0.106 e. The molecule has 2 N–H and O–H groups in total. The summed E-state index contributed by atoms with van der Waals surface area (Å²) in [6.07, 6.45) is 18.1. The molecule has 3 heteroatoms. The minimum absolute atomic E-state index is 0.307. The largest absolute Gasteiger partial charge is 0.379 e. The zero-order chi connectivity index (χ0) is 18.9. The minimum Gasteiger partial charge on any atom is -0.379 e. The highest BCUT2D eigenvalue weighted by Gasteiger charge is 2.25. The summed E-state index contributed by atoms with van der Waals surface area (Å²) < 4.78 is 0. The Morgan fingerprint density at radius 2 is 0.880 bits per heavy atom. The third kappa shape index (κ3) is 13.7. The Morgan fingerprint density at radius 3 is 1.20 bits per heavy atom. The molecule has 0 fully saturated rings. The van der Waals surface area contributed by atoms with Crippen LogP contribution >= 0.6 is 0 Å². The SMILES string of the molecule is CCCCCCCCCCC(CCCCCCC)N(C(C)O)C(C)O. The normalized spacial score (nSPS) is 15.5. The van der Waals surface area contributed by atoms with E-state index in [0.29, 0.717) is 6.04 Å². The molecule has 0 amide bonds. The summed E-state index contributed by atoms with van der Waals surface area (Å²) in [4.78, 5) is 1.90. The molecule has 0 aliphatic heterocycles. The van der Waals surface area contributed by atoms with E-state index in [1.807, 2.05) is 4.90 Å². The first kappa shape index (κ1) is 24.9. The lowest BCUT2D eigenvalue weighted by molar-refractivity contribution is -0.113. The lowest BCUT2D eigenvalue weighted by Gasteiger charge is -2.36. The van der Waals surface area contributed by atoms with Crippen molar-refractivity contribution in [3.05, 3.63) is 0 Å². The van der Waals surface area contributed by atoms with Crippen molar-refractivity contribution in [2.24, 2.45) is 0 Å². The van der Waals surface area contributed by atoms with Gasteiger partial charge in [0.1, 0.15) is 12.5 Å². The van der Waals surface area contributed by atoms with Crippen molar-refractivity contribution in [1.29, 1.82) is 0 Å². The van der Waals surface area contributed by atoms with Crippen LogP contribution in [0.3, 0.4) is 0 Å². The molecule has 25 heavy (non-hydrogen) atoms. The van der Waals surface area contributed by atoms with E-state index in [1.165, 1.54) is 83.5 Å². The maximum absolute atomic E-state index is 10.1. The highest BCUT2D eigenvalue weighted by atomic mass is 16.3. The Labute approximate surface area is 158 Å². The van der Waals surface area contributed by atoms with Gasteiger partial charge in [-0.3, -0.25) is 4.90 Å². The third-order valence-corrected chi connectivity index (χ3v) is 5.32. The molecule has 3 unspecified atom stereocenters. The molecule has 0 heterocycles. The van der Waals surface area contributed by atoms with Gasteiger partial charge in [0.05, 0.1) is 0 Å². The van der Waals surface area contributed by atoms with Crippen molar-refractivity contribution < 1.29 is 10.2 Å². The van der Waals surface area contributed by atoms with Gasteiger partial charge in [-0.25, -0.2) is 0 Å². The second-order valence-corrected chi connectivity index (χ2v) is 7.83. The van der Waals surface area contributed by atoms with E-state index in [4.69, 9.17) is 0 Å². The molecule has 0 radical (unpaired) electrons. The Balaban J connectivity index is 4.15. The van der Waals surface area contributed by atoms with E-state index in [1.54, 1.807) is 13.8 Å². The number of aliphatic hydroxyl groups excluding tert-OH is 2. The van der Waals surface area contributed by atoms with Crippen molar-refractivity contribution in [1.82, 2.24) is 4.90 Å².